The molecule has 0 atom stereocenters. The van der Waals surface area contributed by atoms with Crippen LogP contribution in [0.25, 0.3) is 0 Å². The van der Waals surface area contributed by atoms with E-state index in [0.29, 0.717) is 6.04 Å². The first kappa shape index (κ1) is 16.2. The topological polar surface area (TPSA) is 51.8 Å². The maximum atomic E-state index is 4.71. The highest BCUT2D eigenvalue weighted by Crippen LogP contribution is 2.23. The van der Waals surface area contributed by atoms with Crippen LogP contribution in [0.1, 0.15) is 49.7 Å². The van der Waals surface area contributed by atoms with Gasteiger partial charge in [-0.3, -0.25) is 9.58 Å². The van der Waals surface area contributed by atoms with Gasteiger partial charge in [0, 0.05) is 30.4 Å². The molecule has 3 heterocycles. The molecule has 0 bridgehead atoms. The molecule has 0 radical (unpaired) electrons. The number of nitrogens with zero attached hydrogens (tertiary/aromatic N) is 6. The molecule has 2 aromatic heterocycles. The Bertz CT molecular complexity index is 620. The van der Waals surface area contributed by atoms with Gasteiger partial charge in [0.25, 0.3) is 0 Å². The second kappa shape index (κ2) is 6.83. The van der Waals surface area contributed by atoms with E-state index in [1.54, 1.807) is 0 Å². The van der Waals surface area contributed by atoms with Crippen LogP contribution in [0.3, 0.4) is 0 Å². The largest absolute Gasteiger partial charge is 0.320 e. The number of piperidine rings is 1. The van der Waals surface area contributed by atoms with E-state index in [1.807, 2.05) is 12.7 Å². The predicted molar refractivity (Wildman–Crippen MR) is 90.1 cm³/mol. The Balaban J connectivity index is 1.57. The summed E-state index contributed by atoms with van der Waals surface area (Å²) in [6.45, 7) is 13.1. The lowest BCUT2D eigenvalue weighted by atomic mass is 9.96. The molecule has 1 aliphatic heterocycles. The molecule has 23 heavy (non-hydrogen) atoms. The van der Waals surface area contributed by atoms with Gasteiger partial charge in [0.2, 0.25) is 0 Å². The fourth-order valence-electron chi connectivity index (χ4n) is 3.59. The van der Waals surface area contributed by atoms with E-state index in [9.17, 15) is 0 Å². The third-order valence-corrected chi connectivity index (χ3v) is 4.99. The molecule has 0 spiro atoms. The number of hydrogen-bond donors (Lipinski definition) is 0. The lowest BCUT2D eigenvalue weighted by Crippen LogP contribution is -2.34. The summed E-state index contributed by atoms with van der Waals surface area (Å²) in [5.74, 6) is 0.739. The molecule has 3 rings (SSSR count). The first-order valence-electron chi connectivity index (χ1n) is 8.64. The van der Waals surface area contributed by atoms with Crippen LogP contribution in [0.2, 0.25) is 0 Å². The summed E-state index contributed by atoms with van der Waals surface area (Å²) in [7, 11) is 0. The van der Waals surface area contributed by atoms with E-state index in [2.05, 4.69) is 52.0 Å². The van der Waals surface area contributed by atoms with E-state index >= 15 is 0 Å². The lowest BCUT2D eigenvalue weighted by molar-refractivity contribution is 0.166. The molecule has 126 valence electrons. The van der Waals surface area contributed by atoms with Gasteiger partial charge in [-0.05, 0) is 59.5 Å². The van der Waals surface area contributed by atoms with Gasteiger partial charge in [-0.1, -0.05) is 0 Å². The van der Waals surface area contributed by atoms with E-state index in [4.69, 9.17) is 5.10 Å². The Hall–Kier alpha value is -1.69. The Labute approximate surface area is 138 Å². The molecule has 0 N–H and O–H groups in total. The van der Waals surface area contributed by atoms with E-state index in [1.165, 1.54) is 42.9 Å². The zero-order valence-corrected chi connectivity index (χ0v) is 14.7. The minimum Gasteiger partial charge on any atom is -0.320 e. The highest BCUT2D eigenvalue weighted by Gasteiger charge is 2.22. The third kappa shape index (κ3) is 3.63. The summed E-state index contributed by atoms with van der Waals surface area (Å²) in [6, 6.07) is 0.428. The van der Waals surface area contributed by atoms with Crippen molar-refractivity contribution in [3.8, 4) is 0 Å². The first-order valence-corrected chi connectivity index (χ1v) is 8.64. The molecular formula is C17H28N6. The van der Waals surface area contributed by atoms with Crippen LogP contribution >= 0.6 is 0 Å². The maximum Gasteiger partial charge on any atom is 0.119 e. The maximum absolute atomic E-state index is 4.71. The van der Waals surface area contributed by atoms with Crippen LogP contribution in [0, 0.1) is 19.8 Å². The van der Waals surface area contributed by atoms with Crippen LogP contribution in [0.4, 0.5) is 0 Å². The molecule has 6 nitrogen and oxygen atoms in total. The molecule has 1 fully saturated rings. The molecule has 0 amide bonds. The van der Waals surface area contributed by atoms with Crippen LogP contribution < -0.4 is 0 Å². The third-order valence-electron chi connectivity index (χ3n) is 4.99. The van der Waals surface area contributed by atoms with Crippen LogP contribution in [-0.2, 0) is 13.1 Å². The van der Waals surface area contributed by atoms with Gasteiger partial charge >= 0.3 is 0 Å². The zero-order chi connectivity index (χ0) is 16.4. The average molecular weight is 316 g/mol. The summed E-state index contributed by atoms with van der Waals surface area (Å²) < 4.78 is 4.25. The Kier molecular flexibility index (Phi) is 4.80. The smallest absolute Gasteiger partial charge is 0.119 e. The average Bonchev–Trinajstić information content (AvgIpc) is 3.12. The highest BCUT2D eigenvalue weighted by molar-refractivity contribution is 5.24. The van der Waals surface area contributed by atoms with Crippen molar-refractivity contribution >= 4 is 0 Å². The van der Waals surface area contributed by atoms with E-state index in [-0.39, 0.29) is 0 Å². The van der Waals surface area contributed by atoms with Crippen molar-refractivity contribution in [3.05, 3.63) is 29.6 Å². The number of likely N-dealkylation sites (tertiary alicyclic amines) is 1. The molecule has 2 aromatic rings. The monoisotopic (exact) mass is 316 g/mol. The number of rotatable bonds is 5. The summed E-state index contributed by atoms with van der Waals surface area (Å²) in [6.07, 6.45) is 6.13. The van der Waals surface area contributed by atoms with Crippen molar-refractivity contribution in [2.75, 3.05) is 13.1 Å². The van der Waals surface area contributed by atoms with Crippen LogP contribution in [0.5, 0.6) is 0 Å². The molecule has 1 saturated heterocycles. The normalized spacial score (nSPS) is 17.3. The Morgan fingerprint density at radius 2 is 1.78 bits per heavy atom. The van der Waals surface area contributed by atoms with Crippen molar-refractivity contribution in [2.24, 2.45) is 5.92 Å². The van der Waals surface area contributed by atoms with Crippen molar-refractivity contribution in [3.63, 3.8) is 0 Å². The Morgan fingerprint density at radius 1 is 1.13 bits per heavy atom. The molecule has 0 aromatic carbocycles. The summed E-state index contributed by atoms with van der Waals surface area (Å²) >= 11 is 0. The van der Waals surface area contributed by atoms with Gasteiger partial charge in [0.15, 0.2) is 0 Å². The number of aromatic nitrogens is 5. The van der Waals surface area contributed by atoms with Gasteiger partial charge in [-0.15, -0.1) is 10.2 Å². The van der Waals surface area contributed by atoms with Crippen LogP contribution in [0.15, 0.2) is 12.7 Å². The molecule has 0 unspecified atom stereocenters. The molecule has 6 heteroatoms. The second-order valence-corrected chi connectivity index (χ2v) is 7.07. The number of hydrogen-bond acceptors (Lipinski definition) is 4. The van der Waals surface area contributed by atoms with Crippen molar-refractivity contribution in [1.82, 2.24) is 29.4 Å². The number of aryl methyl sites for hydroxylation is 1. The van der Waals surface area contributed by atoms with Gasteiger partial charge in [0.05, 0.1) is 5.69 Å². The van der Waals surface area contributed by atoms with Crippen molar-refractivity contribution in [2.45, 2.75) is 59.7 Å². The zero-order valence-electron chi connectivity index (χ0n) is 14.7. The molecule has 0 saturated carbocycles. The first-order chi connectivity index (χ1) is 11.0. The predicted octanol–water partition coefficient (Wildman–Crippen LogP) is 2.58. The summed E-state index contributed by atoms with van der Waals surface area (Å²) in [4.78, 5) is 2.57. The molecule has 0 aliphatic carbocycles. The van der Waals surface area contributed by atoms with Gasteiger partial charge in [0.1, 0.15) is 12.7 Å². The van der Waals surface area contributed by atoms with E-state index < -0.39 is 0 Å². The van der Waals surface area contributed by atoms with Crippen LogP contribution in [-0.4, -0.2) is 42.5 Å². The highest BCUT2D eigenvalue weighted by atomic mass is 15.3. The van der Waals surface area contributed by atoms with Gasteiger partial charge < -0.3 is 4.57 Å². The quantitative estimate of drug-likeness (QED) is 0.851. The van der Waals surface area contributed by atoms with Gasteiger partial charge in [-0.2, -0.15) is 5.10 Å². The summed E-state index contributed by atoms with van der Waals surface area (Å²) in [5, 5.41) is 12.5. The molecule has 1 aliphatic rings. The fraction of sp³-hybridized carbons (Fsp3) is 0.706. The van der Waals surface area contributed by atoms with E-state index in [0.717, 1.165) is 19.0 Å². The SMILES string of the molecule is Cc1nn(C(C)C)c(C)c1CN1CCC(Cn2cnnc2)CC1. The van der Waals surface area contributed by atoms with Gasteiger partial charge in [-0.25, -0.2) is 0 Å². The molecular weight excluding hydrogens is 288 g/mol. The standard InChI is InChI=1S/C17H28N6/c1-13(2)23-15(4)17(14(3)20-23)10-21-7-5-16(6-8-21)9-22-11-18-19-12-22/h11-13,16H,5-10H2,1-4H3. The lowest BCUT2D eigenvalue weighted by Gasteiger charge is -2.32. The van der Waals surface area contributed by atoms with Crippen molar-refractivity contribution < 1.29 is 0 Å². The fourth-order valence-corrected chi connectivity index (χ4v) is 3.59. The second-order valence-electron chi connectivity index (χ2n) is 7.07. The minimum absolute atomic E-state index is 0.428. The summed E-state index contributed by atoms with van der Waals surface area (Å²) in [5.41, 5.74) is 3.92. The minimum atomic E-state index is 0.428. The van der Waals surface area contributed by atoms with Crippen molar-refractivity contribution in [1.29, 1.82) is 0 Å². The Morgan fingerprint density at radius 3 is 2.35 bits per heavy atom.